The van der Waals surface area contributed by atoms with Crippen LogP contribution < -0.4 is 9.64 Å². The zero-order valence-electron chi connectivity index (χ0n) is 9.61. The van der Waals surface area contributed by atoms with Crippen molar-refractivity contribution in [2.24, 2.45) is 5.92 Å². The summed E-state index contributed by atoms with van der Waals surface area (Å²) < 4.78 is 5.97. The highest BCUT2D eigenvalue weighted by Crippen LogP contribution is 2.25. The van der Waals surface area contributed by atoms with E-state index < -0.39 is 0 Å². The number of methoxy groups -OCH3 is 1. The third kappa shape index (κ3) is 2.45. The summed E-state index contributed by atoms with van der Waals surface area (Å²) in [6.45, 7) is 4.36. The molecular weight excluding hydrogens is 270 g/mol. The summed E-state index contributed by atoms with van der Waals surface area (Å²) in [7, 11) is 1.62. The summed E-state index contributed by atoms with van der Waals surface area (Å²) in [6.07, 6.45) is 4.17. The van der Waals surface area contributed by atoms with Crippen LogP contribution >= 0.6 is 15.9 Å². The molecule has 1 aromatic heterocycles. The fraction of sp³-hybridized carbons (Fsp3) is 0.636. The van der Waals surface area contributed by atoms with Crippen molar-refractivity contribution in [3.63, 3.8) is 0 Å². The van der Waals surface area contributed by atoms with Crippen molar-refractivity contribution in [1.82, 2.24) is 9.97 Å². The van der Waals surface area contributed by atoms with Gasteiger partial charge in [0.05, 0.1) is 17.8 Å². The fourth-order valence-corrected chi connectivity index (χ4v) is 2.20. The van der Waals surface area contributed by atoms with Gasteiger partial charge in [0, 0.05) is 13.1 Å². The Bertz CT molecular complexity index is 364. The number of ether oxygens (including phenoxy) is 1. The molecule has 2 rings (SSSR count). The van der Waals surface area contributed by atoms with Crippen molar-refractivity contribution in [3.8, 4) is 5.88 Å². The topological polar surface area (TPSA) is 38.2 Å². The molecule has 4 nitrogen and oxygen atoms in total. The predicted octanol–water partition coefficient (Wildman–Crippen LogP) is 2.48. The van der Waals surface area contributed by atoms with E-state index in [9.17, 15) is 0 Å². The van der Waals surface area contributed by atoms with E-state index in [0.29, 0.717) is 5.88 Å². The molecule has 0 N–H and O–H groups in total. The Morgan fingerprint density at radius 3 is 2.75 bits per heavy atom. The van der Waals surface area contributed by atoms with Crippen LogP contribution in [0.15, 0.2) is 10.7 Å². The second kappa shape index (κ2) is 4.99. The lowest BCUT2D eigenvalue weighted by Crippen LogP contribution is -2.34. The lowest BCUT2D eigenvalue weighted by Gasteiger charge is -2.30. The van der Waals surface area contributed by atoms with Crippen LogP contribution in [-0.2, 0) is 0 Å². The predicted molar refractivity (Wildman–Crippen MR) is 66.9 cm³/mol. The Morgan fingerprint density at radius 2 is 2.12 bits per heavy atom. The highest BCUT2D eigenvalue weighted by atomic mass is 79.9. The van der Waals surface area contributed by atoms with E-state index in [4.69, 9.17) is 4.74 Å². The first-order valence-corrected chi connectivity index (χ1v) is 6.31. The minimum atomic E-state index is 0.601. The number of aromatic nitrogens is 2. The summed E-state index contributed by atoms with van der Waals surface area (Å²) in [5.41, 5.74) is 0. The van der Waals surface area contributed by atoms with Gasteiger partial charge in [-0.15, -0.1) is 0 Å². The number of anilines is 1. The molecule has 1 fully saturated rings. The fourth-order valence-electron chi connectivity index (χ4n) is 1.85. The summed E-state index contributed by atoms with van der Waals surface area (Å²) in [5.74, 6) is 2.18. The van der Waals surface area contributed by atoms with Crippen molar-refractivity contribution in [1.29, 1.82) is 0 Å². The van der Waals surface area contributed by atoms with Crippen LogP contribution in [0.1, 0.15) is 19.8 Å². The molecule has 0 amide bonds. The normalized spacial score (nSPS) is 17.6. The lowest BCUT2D eigenvalue weighted by molar-refractivity contribution is 0.390. The monoisotopic (exact) mass is 285 g/mol. The first kappa shape index (κ1) is 11.6. The Morgan fingerprint density at radius 1 is 1.44 bits per heavy atom. The molecule has 0 unspecified atom stereocenters. The third-order valence-corrected chi connectivity index (χ3v) is 3.50. The van der Waals surface area contributed by atoms with E-state index in [-0.39, 0.29) is 0 Å². The molecule has 1 aromatic rings. The summed E-state index contributed by atoms with van der Waals surface area (Å²) in [5, 5.41) is 0. The summed E-state index contributed by atoms with van der Waals surface area (Å²) in [4.78, 5) is 10.9. The molecule has 88 valence electrons. The SMILES string of the molecule is COc1nc(N2CCC(C)CC2)ncc1Br. The van der Waals surface area contributed by atoms with Gasteiger partial charge in [0.2, 0.25) is 11.8 Å². The average Bonchev–Trinajstić information content (AvgIpc) is 2.31. The number of rotatable bonds is 2. The molecule has 2 heterocycles. The van der Waals surface area contributed by atoms with Gasteiger partial charge in [0.15, 0.2) is 0 Å². The van der Waals surface area contributed by atoms with E-state index in [1.54, 1.807) is 13.3 Å². The molecule has 1 aliphatic heterocycles. The largest absolute Gasteiger partial charge is 0.480 e. The molecule has 5 heteroatoms. The van der Waals surface area contributed by atoms with Gasteiger partial charge in [-0.05, 0) is 34.7 Å². The molecule has 16 heavy (non-hydrogen) atoms. The van der Waals surface area contributed by atoms with Gasteiger partial charge in [-0.2, -0.15) is 4.98 Å². The van der Waals surface area contributed by atoms with Gasteiger partial charge in [0.1, 0.15) is 0 Å². The number of hydrogen-bond acceptors (Lipinski definition) is 4. The number of halogens is 1. The van der Waals surface area contributed by atoms with Crippen LogP contribution in [0, 0.1) is 5.92 Å². The second-order valence-corrected chi connectivity index (χ2v) is 5.05. The van der Waals surface area contributed by atoms with E-state index >= 15 is 0 Å². The van der Waals surface area contributed by atoms with Gasteiger partial charge in [-0.3, -0.25) is 0 Å². The highest BCUT2D eigenvalue weighted by Gasteiger charge is 2.18. The van der Waals surface area contributed by atoms with Crippen LogP contribution in [0.3, 0.4) is 0 Å². The minimum absolute atomic E-state index is 0.601. The molecule has 1 saturated heterocycles. The van der Waals surface area contributed by atoms with Crippen molar-refractivity contribution in [2.45, 2.75) is 19.8 Å². The van der Waals surface area contributed by atoms with Crippen LogP contribution in [0.4, 0.5) is 5.95 Å². The molecule has 0 spiro atoms. The van der Waals surface area contributed by atoms with Crippen molar-refractivity contribution in [2.75, 3.05) is 25.1 Å². The first-order chi connectivity index (χ1) is 7.70. The van der Waals surface area contributed by atoms with Crippen molar-refractivity contribution >= 4 is 21.9 Å². The molecule has 1 aliphatic rings. The third-order valence-electron chi connectivity index (χ3n) is 2.96. The van der Waals surface area contributed by atoms with Crippen molar-refractivity contribution in [3.05, 3.63) is 10.7 Å². The van der Waals surface area contributed by atoms with E-state index in [2.05, 4.69) is 37.7 Å². The van der Waals surface area contributed by atoms with Crippen LogP contribution in [0.2, 0.25) is 0 Å². The van der Waals surface area contributed by atoms with Crippen LogP contribution in [0.5, 0.6) is 5.88 Å². The quantitative estimate of drug-likeness (QED) is 0.837. The molecule has 0 saturated carbocycles. The molecule has 0 radical (unpaired) electrons. The van der Waals surface area contributed by atoms with E-state index in [0.717, 1.165) is 29.4 Å². The average molecular weight is 286 g/mol. The molecule has 0 aromatic carbocycles. The zero-order valence-corrected chi connectivity index (χ0v) is 11.2. The van der Waals surface area contributed by atoms with Gasteiger partial charge >= 0.3 is 0 Å². The Kier molecular flexibility index (Phi) is 3.63. The lowest BCUT2D eigenvalue weighted by atomic mass is 10.00. The molecule has 0 bridgehead atoms. The van der Waals surface area contributed by atoms with Gasteiger partial charge in [0.25, 0.3) is 0 Å². The molecule has 0 atom stereocenters. The zero-order chi connectivity index (χ0) is 11.5. The maximum absolute atomic E-state index is 5.17. The standard InChI is InChI=1S/C11H16BrN3O/c1-8-3-5-15(6-4-8)11-13-7-9(12)10(14-11)16-2/h7-8H,3-6H2,1-2H3. The Hall–Kier alpha value is -0.840. The Balaban J connectivity index is 2.14. The van der Waals surface area contributed by atoms with Crippen LogP contribution in [0.25, 0.3) is 0 Å². The van der Waals surface area contributed by atoms with Gasteiger partial charge < -0.3 is 9.64 Å². The minimum Gasteiger partial charge on any atom is -0.480 e. The maximum Gasteiger partial charge on any atom is 0.232 e. The van der Waals surface area contributed by atoms with Gasteiger partial charge in [-0.1, -0.05) is 6.92 Å². The first-order valence-electron chi connectivity index (χ1n) is 5.52. The second-order valence-electron chi connectivity index (χ2n) is 4.20. The van der Waals surface area contributed by atoms with Gasteiger partial charge in [-0.25, -0.2) is 4.98 Å². The summed E-state index contributed by atoms with van der Waals surface area (Å²) in [6, 6.07) is 0. The number of hydrogen-bond donors (Lipinski definition) is 0. The Labute approximate surface area is 104 Å². The van der Waals surface area contributed by atoms with E-state index in [1.807, 2.05) is 0 Å². The van der Waals surface area contributed by atoms with Crippen LogP contribution in [-0.4, -0.2) is 30.2 Å². The number of piperidine rings is 1. The molecular formula is C11H16BrN3O. The van der Waals surface area contributed by atoms with Crippen molar-refractivity contribution < 1.29 is 4.74 Å². The number of nitrogens with zero attached hydrogens (tertiary/aromatic N) is 3. The molecule has 0 aliphatic carbocycles. The highest BCUT2D eigenvalue weighted by molar-refractivity contribution is 9.10. The maximum atomic E-state index is 5.17. The summed E-state index contributed by atoms with van der Waals surface area (Å²) >= 11 is 3.36. The smallest absolute Gasteiger partial charge is 0.232 e. The van der Waals surface area contributed by atoms with E-state index in [1.165, 1.54) is 12.8 Å².